The number of benzene rings is 2. The van der Waals surface area contributed by atoms with E-state index in [1.165, 1.54) is 5.56 Å². The fraction of sp³-hybridized carbons (Fsp3) is 0.261. The third-order valence-electron chi connectivity index (χ3n) is 5.11. The van der Waals surface area contributed by atoms with E-state index >= 15 is 0 Å². The van der Waals surface area contributed by atoms with E-state index in [9.17, 15) is 4.79 Å². The first-order valence-electron chi connectivity index (χ1n) is 9.68. The van der Waals surface area contributed by atoms with Crippen LogP contribution in [0.5, 0.6) is 0 Å². The van der Waals surface area contributed by atoms with Crippen LogP contribution in [0.4, 0.5) is 17.3 Å². The minimum absolute atomic E-state index is 0.111. The fourth-order valence-corrected chi connectivity index (χ4v) is 3.83. The molecule has 0 bridgehead atoms. The molecule has 3 aromatic rings. The highest BCUT2D eigenvalue weighted by atomic mass is 16.2. The van der Waals surface area contributed by atoms with Gasteiger partial charge in [-0.1, -0.05) is 36.4 Å². The molecule has 2 aromatic carbocycles. The summed E-state index contributed by atoms with van der Waals surface area (Å²) in [6.45, 7) is 6.62. The van der Waals surface area contributed by atoms with Crippen LogP contribution in [0.25, 0.3) is 0 Å². The quantitative estimate of drug-likeness (QED) is 0.675. The van der Waals surface area contributed by atoms with E-state index < -0.39 is 0 Å². The Hall–Kier alpha value is -3.21. The van der Waals surface area contributed by atoms with Crippen LogP contribution in [0.15, 0.2) is 60.7 Å². The largest absolute Gasteiger partial charge is 0.307 e. The first-order chi connectivity index (χ1) is 13.6. The van der Waals surface area contributed by atoms with Crippen molar-refractivity contribution in [3.05, 3.63) is 77.6 Å². The zero-order valence-electron chi connectivity index (χ0n) is 16.5. The van der Waals surface area contributed by atoms with E-state index in [-0.39, 0.29) is 11.9 Å². The zero-order valence-corrected chi connectivity index (χ0v) is 16.5. The molecule has 4 rings (SSSR count). The molecule has 0 saturated heterocycles. The summed E-state index contributed by atoms with van der Waals surface area (Å²) in [7, 11) is 0. The van der Waals surface area contributed by atoms with E-state index in [2.05, 4.69) is 40.0 Å². The van der Waals surface area contributed by atoms with Crippen molar-refractivity contribution in [2.24, 2.45) is 0 Å². The van der Waals surface area contributed by atoms with Crippen LogP contribution < -0.4 is 9.80 Å². The van der Waals surface area contributed by atoms with Crippen LogP contribution >= 0.6 is 0 Å². The molecule has 1 unspecified atom stereocenters. The number of carbonyl (C=O) groups is 1. The van der Waals surface area contributed by atoms with Gasteiger partial charge in [0, 0.05) is 29.7 Å². The summed E-state index contributed by atoms with van der Waals surface area (Å²) in [5.74, 6) is 0.477. The third kappa shape index (κ3) is 3.24. The van der Waals surface area contributed by atoms with Gasteiger partial charge >= 0.3 is 0 Å². The topological polar surface area (TPSA) is 49.3 Å². The molecular weight excluding hydrogens is 348 g/mol. The molecule has 28 heavy (non-hydrogen) atoms. The Morgan fingerprint density at radius 1 is 1.11 bits per heavy atom. The number of nitrogens with zero attached hydrogens (tertiary/aromatic N) is 4. The molecule has 0 spiro atoms. The second-order valence-corrected chi connectivity index (χ2v) is 7.13. The maximum atomic E-state index is 13.2. The highest BCUT2D eigenvalue weighted by molar-refractivity contribution is 6.05. The molecule has 1 aliphatic heterocycles. The van der Waals surface area contributed by atoms with E-state index in [0.29, 0.717) is 18.2 Å². The Morgan fingerprint density at radius 2 is 1.82 bits per heavy atom. The summed E-state index contributed by atoms with van der Waals surface area (Å²) in [6, 6.07) is 20.0. The molecule has 1 aromatic heterocycles. The third-order valence-corrected chi connectivity index (χ3v) is 5.11. The van der Waals surface area contributed by atoms with Gasteiger partial charge in [0.1, 0.15) is 5.69 Å². The number of aryl methyl sites for hydroxylation is 1. The van der Waals surface area contributed by atoms with Crippen molar-refractivity contribution in [1.82, 2.24) is 9.97 Å². The van der Waals surface area contributed by atoms with Crippen molar-refractivity contribution in [1.29, 1.82) is 0 Å². The molecule has 0 radical (unpaired) electrons. The van der Waals surface area contributed by atoms with Crippen molar-refractivity contribution in [2.75, 3.05) is 16.3 Å². The van der Waals surface area contributed by atoms with Gasteiger partial charge in [-0.05, 0) is 57.0 Å². The molecule has 142 valence electrons. The predicted octanol–water partition coefficient (Wildman–Crippen LogP) is 4.53. The number of rotatable bonds is 4. The molecule has 0 saturated carbocycles. The van der Waals surface area contributed by atoms with Crippen LogP contribution in [0, 0.1) is 6.92 Å². The standard InChI is InChI=1S/C23H24N4O/c1-4-26(19-11-6-5-7-12-19)22(28)20-14-16(2)24-23(25-20)27-17(3)15-18-10-8-9-13-21(18)27/h5-14,17H,4,15H2,1-3H3. The number of fused-ring (bicyclic) bond motifs is 1. The smallest absolute Gasteiger partial charge is 0.277 e. The van der Waals surface area contributed by atoms with Crippen LogP contribution in [-0.2, 0) is 6.42 Å². The summed E-state index contributed by atoms with van der Waals surface area (Å²) >= 11 is 0. The molecule has 5 heteroatoms. The van der Waals surface area contributed by atoms with Gasteiger partial charge in [0.15, 0.2) is 0 Å². The average molecular weight is 372 g/mol. The number of hydrogen-bond acceptors (Lipinski definition) is 4. The van der Waals surface area contributed by atoms with Gasteiger partial charge in [0.05, 0.1) is 0 Å². The van der Waals surface area contributed by atoms with Gasteiger partial charge in [-0.3, -0.25) is 4.79 Å². The maximum Gasteiger partial charge on any atom is 0.277 e. The molecule has 2 heterocycles. The fourth-order valence-electron chi connectivity index (χ4n) is 3.83. The lowest BCUT2D eigenvalue weighted by atomic mass is 10.1. The van der Waals surface area contributed by atoms with Crippen LogP contribution in [0.3, 0.4) is 0 Å². The highest BCUT2D eigenvalue weighted by Gasteiger charge is 2.30. The van der Waals surface area contributed by atoms with Gasteiger partial charge in [-0.2, -0.15) is 0 Å². The summed E-state index contributed by atoms with van der Waals surface area (Å²) in [5, 5.41) is 0. The average Bonchev–Trinajstić information content (AvgIpc) is 3.04. The summed E-state index contributed by atoms with van der Waals surface area (Å²) in [4.78, 5) is 26.5. The van der Waals surface area contributed by atoms with Crippen molar-refractivity contribution in [3.8, 4) is 0 Å². The van der Waals surface area contributed by atoms with Gasteiger partial charge in [0.25, 0.3) is 5.91 Å². The Morgan fingerprint density at radius 3 is 2.57 bits per heavy atom. The number of amides is 1. The monoisotopic (exact) mass is 372 g/mol. The van der Waals surface area contributed by atoms with Gasteiger partial charge in [-0.25, -0.2) is 9.97 Å². The van der Waals surface area contributed by atoms with Gasteiger partial charge in [-0.15, -0.1) is 0 Å². The first-order valence-corrected chi connectivity index (χ1v) is 9.68. The predicted molar refractivity (Wildman–Crippen MR) is 112 cm³/mol. The van der Waals surface area contributed by atoms with E-state index in [1.807, 2.05) is 50.2 Å². The first kappa shape index (κ1) is 18.2. The zero-order chi connectivity index (χ0) is 19.7. The number of aromatic nitrogens is 2. The van der Waals surface area contributed by atoms with E-state index in [1.54, 1.807) is 11.0 Å². The van der Waals surface area contributed by atoms with Crippen LogP contribution in [0.2, 0.25) is 0 Å². The number of hydrogen-bond donors (Lipinski definition) is 0. The Bertz CT molecular complexity index is 1000. The van der Waals surface area contributed by atoms with Crippen molar-refractivity contribution in [3.63, 3.8) is 0 Å². The van der Waals surface area contributed by atoms with E-state index in [4.69, 9.17) is 0 Å². The molecule has 5 nitrogen and oxygen atoms in total. The van der Waals surface area contributed by atoms with Crippen molar-refractivity contribution < 1.29 is 4.79 Å². The minimum Gasteiger partial charge on any atom is -0.307 e. The summed E-state index contributed by atoms with van der Waals surface area (Å²) in [6.07, 6.45) is 0.946. The van der Waals surface area contributed by atoms with Crippen molar-refractivity contribution in [2.45, 2.75) is 33.2 Å². The molecular formula is C23H24N4O. The second kappa shape index (κ2) is 7.43. The lowest BCUT2D eigenvalue weighted by Crippen LogP contribution is -2.32. The molecule has 0 N–H and O–H groups in total. The number of carbonyl (C=O) groups excluding carboxylic acids is 1. The van der Waals surface area contributed by atoms with Gasteiger partial charge in [0.2, 0.25) is 5.95 Å². The second-order valence-electron chi connectivity index (χ2n) is 7.13. The molecule has 1 amide bonds. The van der Waals surface area contributed by atoms with Crippen LogP contribution in [-0.4, -0.2) is 28.5 Å². The summed E-state index contributed by atoms with van der Waals surface area (Å²) in [5.41, 5.74) is 4.48. The van der Waals surface area contributed by atoms with Gasteiger partial charge < -0.3 is 9.80 Å². The van der Waals surface area contributed by atoms with E-state index in [0.717, 1.165) is 23.5 Å². The normalized spacial score (nSPS) is 15.4. The number of para-hydroxylation sites is 2. The molecule has 0 aliphatic carbocycles. The highest BCUT2D eigenvalue weighted by Crippen LogP contribution is 2.36. The lowest BCUT2D eigenvalue weighted by molar-refractivity contribution is 0.0983. The Kier molecular flexibility index (Phi) is 4.82. The maximum absolute atomic E-state index is 13.2. The van der Waals surface area contributed by atoms with Crippen molar-refractivity contribution >= 4 is 23.2 Å². The summed E-state index contributed by atoms with van der Waals surface area (Å²) < 4.78 is 0. The molecule has 1 aliphatic rings. The SMILES string of the molecule is CCN(C(=O)c1cc(C)nc(N2c3ccccc3CC2C)n1)c1ccccc1. The Labute approximate surface area is 165 Å². The minimum atomic E-state index is -0.111. The molecule has 0 fully saturated rings. The Balaban J connectivity index is 1.73. The molecule has 1 atom stereocenters. The van der Waals surface area contributed by atoms with Crippen LogP contribution in [0.1, 0.15) is 35.6 Å². The number of anilines is 3. The lowest BCUT2D eigenvalue weighted by Gasteiger charge is -2.25.